The molecule has 0 aromatic heterocycles. The average molecular weight is 507 g/mol. The van der Waals surface area contributed by atoms with Gasteiger partial charge in [-0.15, -0.1) is 0 Å². The second-order valence-corrected chi connectivity index (χ2v) is 13.1. The van der Waals surface area contributed by atoms with Crippen LogP contribution in [0, 0.1) is 0 Å². The first-order valence-electron chi connectivity index (χ1n) is 17.1. The van der Waals surface area contributed by atoms with Gasteiger partial charge in [0.15, 0.2) is 0 Å². The number of rotatable bonds is 32. The maximum Gasteiger partial charge on any atom is 0.0378 e. The van der Waals surface area contributed by atoms with Crippen molar-refractivity contribution in [2.75, 3.05) is 0 Å². The van der Waals surface area contributed by atoms with Gasteiger partial charge in [-0.2, -0.15) is 0 Å². The van der Waals surface area contributed by atoms with Gasteiger partial charge in [0.1, 0.15) is 0 Å². The molecule has 0 atom stereocenters. The molecule has 1 heteroatoms. The lowest BCUT2D eigenvalue weighted by atomic mass is 10.0. The van der Waals surface area contributed by atoms with E-state index < -0.39 is 0 Å². The van der Waals surface area contributed by atoms with Gasteiger partial charge in [0.2, 0.25) is 0 Å². The van der Waals surface area contributed by atoms with Gasteiger partial charge in [-0.25, -0.2) is 0 Å². The Morgan fingerprint density at radius 2 is 0.400 bits per heavy atom. The molecule has 0 heterocycles. The molecule has 0 fully saturated rings. The van der Waals surface area contributed by atoms with Crippen LogP contribution in [0.2, 0.25) is 12.1 Å². The van der Waals surface area contributed by atoms with E-state index in [9.17, 15) is 0 Å². The average Bonchev–Trinajstić information content (AvgIpc) is 2.87. The molecule has 0 aliphatic rings. The molecule has 210 valence electrons. The number of hydrogen-bond donors (Lipinski definition) is 0. The third-order valence-corrected chi connectivity index (χ3v) is 9.33. The maximum absolute atomic E-state index is 2.31. The first kappa shape index (κ1) is 35.2. The highest BCUT2D eigenvalue weighted by atomic mass is 28.2. The zero-order chi connectivity index (χ0) is 25.3. The lowest BCUT2D eigenvalue weighted by molar-refractivity contribution is 0.534. The minimum absolute atomic E-state index is 1.25. The molecule has 0 saturated heterocycles. The standard InChI is InChI=1S/C34H70Si/c1-3-5-7-9-11-13-15-17-19-21-23-25-27-29-31-33-35-34-32-30-28-26-24-22-20-18-16-14-12-10-8-6-4-2/h3-34H2,1-2H3. The summed E-state index contributed by atoms with van der Waals surface area (Å²) < 4.78 is 0. The lowest BCUT2D eigenvalue weighted by Gasteiger charge is -2.04. The van der Waals surface area contributed by atoms with Crippen LogP contribution in [0.4, 0.5) is 0 Å². The fourth-order valence-electron chi connectivity index (χ4n) is 5.37. The van der Waals surface area contributed by atoms with Gasteiger partial charge in [-0.3, -0.25) is 0 Å². The minimum atomic E-state index is 1.25. The van der Waals surface area contributed by atoms with Gasteiger partial charge in [0.25, 0.3) is 0 Å². The topological polar surface area (TPSA) is 0 Å². The van der Waals surface area contributed by atoms with Crippen LogP contribution in [0.3, 0.4) is 0 Å². The van der Waals surface area contributed by atoms with E-state index in [0.29, 0.717) is 0 Å². The predicted octanol–water partition coefficient (Wildman–Crippen LogP) is 13.3. The van der Waals surface area contributed by atoms with E-state index in [0.717, 1.165) is 0 Å². The van der Waals surface area contributed by atoms with Crippen molar-refractivity contribution in [2.45, 2.75) is 219 Å². The highest BCUT2D eigenvalue weighted by Crippen LogP contribution is 2.15. The zero-order valence-corrected chi connectivity index (χ0v) is 26.1. The molecule has 0 aromatic carbocycles. The largest absolute Gasteiger partial charge is 0.0654 e. The Labute approximate surface area is 227 Å². The van der Waals surface area contributed by atoms with Gasteiger partial charge in [-0.1, -0.05) is 219 Å². The Kier molecular flexibility index (Phi) is 34.4. The summed E-state index contributed by atoms with van der Waals surface area (Å²) in [6, 6.07) is 3.05. The van der Waals surface area contributed by atoms with Crippen molar-refractivity contribution in [1.82, 2.24) is 0 Å². The summed E-state index contributed by atoms with van der Waals surface area (Å²) in [7, 11) is 1.25. The predicted molar refractivity (Wildman–Crippen MR) is 165 cm³/mol. The highest BCUT2D eigenvalue weighted by molar-refractivity contribution is 6.35. The quantitative estimate of drug-likeness (QED) is 0.0628. The molecule has 0 amide bonds. The summed E-state index contributed by atoms with van der Waals surface area (Å²) >= 11 is 0. The smallest absolute Gasteiger partial charge is 0.0378 e. The molecule has 0 rings (SSSR count). The summed E-state index contributed by atoms with van der Waals surface area (Å²) in [5.74, 6) is 0. The van der Waals surface area contributed by atoms with Crippen molar-refractivity contribution < 1.29 is 0 Å². The fourth-order valence-corrected chi connectivity index (χ4v) is 6.62. The van der Waals surface area contributed by atoms with E-state index in [2.05, 4.69) is 13.8 Å². The summed E-state index contributed by atoms with van der Waals surface area (Å²) in [5, 5.41) is 0. The Balaban J connectivity index is 3.00. The monoisotopic (exact) mass is 507 g/mol. The van der Waals surface area contributed by atoms with E-state index in [1.807, 2.05) is 0 Å². The van der Waals surface area contributed by atoms with E-state index in [-0.39, 0.29) is 0 Å². The molecular formula is C34H70Si. The lowest BCUT2D eigenvalue weighted by Crippen LogP contribution is -1.90. The van der Waals surface area contributed by atoms with Crippen LogP contribution in [-0.2, 0) is 0 Å². The van der Waals surface area contributed by atoms with Crippen LogP contribution in [0.25, 0.3) is 0 Å². The van der Waals surface area contributed by atoms with Crippen molar-refractivity contribution in [2.24, 2.45) is 0 Å². The minimum Gasteiger partial charge on any atom is -0.0654 e. The van der Waals surface area contributed by atoms with E-state index in [1.165, 1.54) is 214 Å². The van der Waals surface area contributed by atoms with Crippen LogP contribution in [0.1, 0.15) is 206 Å². The van der Waals surface area contributed by atoms with Crippen molar-refractivity contribution in [3.05, 3.63) is 0 Å². The molecular weight excluding hydrogens is 436 g/mol. The molecule has 0 aliphatic heterocycles. The molecule has 0 saturated carbocycles. The van der Waals surface area contributed by atoms with Crippen LogP contribution >= 0.6 is 0 Å². The SMILES string of the molecule is CCCCCCCCCCCCCCCCC[Si]CCCCCCCCCCCCCCCCC. The second kappa shape index (κ2) is 34.2. The molecule has 0 aromatic rings. The first-order valence-corrected chi connectivity index (χ1v) is 18.5. The van der Waals surface area contributed by atoms with Gasteiger partial charge < -0.3 is 0 Å². The first-order chi connectivity index (χ1) is 17.4. The molecule has 2 radical (unpaired) electrons. The molecule has 0 aliphatic carbocycles. The Hall–Kier alpha value is 0.217. The van der Waals surface area contributed by atoms with Crippen LogP contribution < -0.4 is 0 Å². The molecule has 0 nitrogen and oxygen atoms in total. The molecule has 0 bridgehead atoms. The van der Waals surface area contributed by atoms with E-state index >= 15 is 0 Å². The normalized spacial score (nSPS) is 11.5. The third-order valence-electron chi connectivity index (χ3n) is 7.91. The highest BCUT2D eigenvalue weighted by Gasteiger charge is 1.97. The van der Waals surface area contributed by atoms with Gasteiger partial charge >= 0.3 is 0 Å². The summed E-state index contributed by atoms with van der Waals surface area (Å²) in [6.07, 6.45) is 44.5. The molecule has 0 N–H and O–H groups in total. The number of unbranched alkanes of at least 4 members (excludes halogenated alkanes) is 28. The molecule has 0 spiro atoms. The Bertz CT molecular complexity index is 307. The van der Waals surface area contributed by atoms with Crippen molar-refractivity contribution >= 4 is 9.52 Å². The van der Waals surface area contributed by atoms with Crippen molar-refractivity contribution in [1.29, 1.82) is 0 Å². The van der Waals surface area contributed by atoms with Crippen LogP contribution in [0.15, 0.2) is 0 Å². The molecule has 0 unspecified atom stereocenters. The van der Waals surface area contributed by atoms with Crippen molar-refractivity contribution in [3.8, 4) is 0 Å². The van der Waals surface area contributed by atoms with Gasteiger partial charge in [0, 0.05) is 9.52 Å². The Morgan fingerprint density at radius 3 is 0.600 bits per heavy atom. The van der Waals surface area contributed by atoms with Gasteiger partial charge in [-0.05, 0) is 0 Å². The second-order valence-electron chi connectivity index (χ2n) is 11.6. The summed E-state index contributed by atoms with van der Waals surface area (Å²) in [5.41, 5.74) is 0. The fraction of sp³-hybridized carbons (Fsp3) is 1.00. The van der Waals surface area contributed by atoms with Crippen LogP contribution in [0.5, 0.6) is 0 Å². The Morgan fingerprint density at radius 1 is 0.229 bits per heavy atom. The van der Waals surface area contributed by atoms with E-state index in [4.69, 9.17) is 0 Å². The summed E-state index contributed by atoms with van der Waals surface area (Å²) in [4.78, 5) is 0. The third kappa shape index (κ3) is 34.2. The maximum atomic E-state index is 2.31. The van der Waals surface area contributed by atoms with Gasteiger partial charge in [0.05, 0.1) is 0 Å². The summed E-state index contributed by atoms with van der Waals surface area (Å²) in [6.45, 7) is 4.62. The van der Waals surface area contributed by atoms with Crippen LogP contribution in [-0.4, -0.2) is 9.52 Å². The van der Waals surface area contributed by atoms with E-state index in [1.54, 1.807) is 0 Å². The van der Waals surface area contributed by atoms with Crippen molar-refractivity contribution in [3.63, 3.8) is 0 Å². The molecule has 35 heavy (non-hydrogen) atoms. The zero-order valence-electron chi connectivity index (χ0n) is 25.1. The number of hydrogen-bond acceptors (Lipinski definition) is 0.